The van der Waals surface area contributed by atoms with Gasteiger partial charge in [0.2, 0.25) is 5.91 Å². The molecule has 8 heteroatoms. The molecule has 1 heterocycles. The first-order chi connectivity index (χ1) is 15.4. The minimum atomic E-state index is -1.04. The van der Waals surface area contributed by atoms with E-state index in [0.29, 0.717) is 12.8 Å². The minimum absolute atomic E-state index is 0. The standard InChI is InChI=1S/C25H30N2O5.ClH/c1-3-32-25(31)21(14-13-18-9-5-4-6-10-18)26-17(2)23(28)27-16-20-12-8-7-11-19(20)15-22(27)24(29)30;/h4-12,17,21-22,26H,3,13-16H2,1-2H3,(H,29,30);1H/t17?,21-,22+;/m1./s1. The number of halogens is 1. The van der Waals surface area contributed by atoms with Crippen LogP contribution in [0.1, 0.15) is 37.0 Å². The molecule has 7 nitrogen and oxygen atoms in total. The molecule has 2 aromatic rings. The highest BCUT2D eigenvalue weighted by Gasteiger charge is 2.37. The maximum Gasteiger partial charge on any atom is 0.326 e. The summed E-state index contributed by atoms with van der Waals surface area (Å²) in [5.74, 6) is -1.80. The van der Waals surface area contributed by atoms with Gasteiger partial charge in [-0.05, 0) is 43.4 Å². The molecule has 0 fully saturated rings. The first kappa shape index (κ1) is 26.4. The second-order valence-electron chi connectivity index (χ2n) is 8.01. The van der Waals surface area contributed by atoms with Gasteiger partial charge in [-0.1, -0.05) is 54.6 Å². The van der Waals surface area contributed by atoms with Crippen LogP contribution in [0.15, 0.2) is 54.6 Å². The molecule has 3 atom stereocenters. The molecule has 33 heavy (non-hydrogen) atoms. The SMILES string of the molecule is CCOC(=O)[C@@H](CCc1ccccc1)NC(C)C(=O)N1Cc2ccccc2C[C@H]1C(=O)O.Cl. The number of nitrogens with zero attached hydrogens (tertiary/aromatic N) is 1. The van der Waals surface area contributed by atoms with Crippen LogP contribution in [-0.2, 0) is 38.5 Å². The Labute approximate surface area is 200 Å². The zero-order valence-electron chi connectivity index (χ0n) is 18.9. The van der Waals surface area contributed by atoms with E-state index in [1.807, 2.05) is 54.6 Å². The van der Waals surface area contributed by atoms with Crippen molar-refractivity contribution in [3.8, 4) is 0 Å². The zero-order chi connectivity index (χ0) is 23.1. The molecule has 2 N–H and O–H groups in total. The lowest BCUT2D eigenvalue weighted by Crippen LogP contribution is -2.56. The minimum Gasteiger partial charge on any atom is -0.480 e. The fourth-order valence-corrected chi connectivity index (χ4v) is 4.06. The number of fused-ring (bicyclic) bond motifs is 1. The Morgan fingerprint density at radius 2 is 1.73 bits per heavy atom. The lowest BCUT2D eigenvalue weighted by atomic mass is 9.93. The molecule has 0 spiro atoms. The number of carboxylic acid groups (broad SMARTS) is 1. The molecule has 1 unspecified atom stereocenters. The summed E-state index contributed by atoms with van der Waals surface area (Å²) in [6, 6.07) is 15.0. The zero-order valence-corrected chi connectivity index (χ0v) is 19.7. The van der Waals surface area contributed by atoms with Crippen LogP contribution in [-0.4, -0.2) is 52.6 Å². The third kappa shape index (κ3) is 6.79. The van der Waals surface area contributed by atoms with Gasteiger partial charge in [-0.25, -0.2) is 4.79 Å². The Balaban J connectivity index is 0.00000385. The van der Waals surface area contributed by atoms with Crippen molar-refractivity contribution >= 4 is 30.3 Å². The van der Waals surface area contributed by atoms with E-state index in [1.165, 1.54) is 4.90 Å². The summed E-state index contributed by atoms with van der Waals surface area (Å²) in [6.07, 6.45) is 1.37. The predicted molar refractivity (Wildman–Crippen MR) is 127 cm³/mol. The van der Waals surface area contributed by atoms with Crippen LogP contribution in [0.25, 0.3) is 0 Å². The Morgan fingerprint density at radius 1 is 1.09 bits per heavy atom. The maximum atomic E-state index is 13.3. The van der Waals surface area contributed by atoms with Crippen molar-refractivity contribution in [2.45, 2.75) is 57.8 Å². The number of carbonyl (C=O) groups excluding carboxylic acids is 2. The molecule has 0 radical (unpaired) electrons. The van der Waals surface area contributed by atoms with E-state index in [-0.39, 0.29) is 37.9 Å². The second-order valence-corrected chi connectivity index (χ2v) is 8.01. The number of carbonyl (C=O) groups is 3. The highest BCUT2D eigenvalue weighted by molar-refractivity contribution is 5.88. The summed E-state index contributed by atoms with van der Waals surface area (Å²) < 4.78 is 5.20. The van der Waals surface area contributed by atoms with Crippen LogP contribution >= 0.6 is 12.4 Å². The molecule has 1 aliphatic rings. The quantitative estimate of drug-likeness (QED) is 0.542. The number of esters is 1. The molecule has 1 aliphatic heterocycles. The Bertz CT molecular complexity index is 953. The molecular formula is C25H31ClN2O5. The number of carboxylic acids is 1. The Morgan fingerprint density at radius 3 is 2.36 bits per heavy atom. The van der Waals surface area contributed by atoms with Gasteiger partial charge in [0.25, 0.3) is 0 Å². The van der Waals surface area contributed by atoms with E-state index >= 15 is 0 Å². The number of hydrogen-bond donors (Lipinski definition) is 2. The molecule has 0 saturated carbocycles. The summed E-state index contributed by atoms with van der Waals surface area (Å²) in [6.45, 7) is 3.88. The molecule has 1 amide bonds. The van der Waals surface area contributed by atoms with Gasteiger partial charge in [-0.2, -0.15) is 0 Å². The Hall–Kier alpha value is -2.90. The summed E-state index contributed by atoms with van der Waals surface area (Å²) >= 11 is 0. The number of benzene rings is 2. The Kier molecular flexibility index (Phi) is 9.88. The third-order valence-corrected chi connectivity index (χ3v) is 5.77. The smallest absolute Gasteiger partial charge is 0.326 e. The third-order valence-electron chi connectivity index (χ3n) is 5.77. The van der Waals surface area contributed by atoms with Gasteiger partial charge in [0.1, 0.15) is 12.1 Å². The van der Waals surface area contributed by atoms with E-state index < -0.39 is 30.1 Å². The predicted octanol–water partition coefficient (Wildman–Crippen LogP) is 2.99. The molecule has 0 bridgehead atoms. The van der Waals surface area contributed by atoms with Crippen LogP contribution in [0.3, 0.4) is 0 Å². The largest absolute Gasteiger partial charge is 0.480 e. The van der Waals surface area contributed by atoms with Crippen molar-refractivity contribution in [3.63, 3.8) is 0 Å². The molecule has 0 aliphatic carbocycles. The normalized spacial score (nSPS) is 16.7. The van der Waals surface area contributed by atoms with Crippen LogP contribution in [0.5, 0.6) is 0 Å². The van der Waals surface area contributed by atoms with Crippen LogP contribution in [0.4, 0.5) is 0 Å². The average Bonchev–Trinajstić information content (AvgIpc) is 2.80. The van der Waals surface area contributed by atoms with Crippen molar-refractivity contribution in [2.75, 3.05) is 6.61 Å². The number of nitrogens with one attached hydrogen (secondary N) is 1. The molecule has 0 aromatic heterocycles. The number of hydrogen-bond acceptors (Lipinski definition) is 5. The summed E-state index contributed by atoms with van der Waals surface area (Å²) in [7, 11) is 0. The molecule has 2 aromatic carbocycles. The summed E-state index contributed by atoms with van der Waals surface area (Å²) in [4.78, 5) is 39.1. The molecular weight excluding hydrogens is 444 g/mol. The fourth-order valence-electron chi connectivity index (χ4n) is 4.06. The van der Waals surface area contributed by atoms with Gasteiger partial charge in [0.15, 0.2) is 0 Å². The lowest BCUT2D eigenvalue weighted by Gasteiger charge is -2.36. The van der Waals surface area contributed by atoms with Gasteiger partial charge in [-0.3, -0.25) is 14.9 Å². The topological polar surface area (TPSA) is 95.9 Å². The van der Waals surface area contributed by atoms with Crippen molar-refractivity contribution in [3.05, 3.63) is 71.3 Å². The number of ether oxygens (including phenoxy) is 1. The maximum absolute atomic E-state index is 13.3. The highest BCUT2D eigenvalue weighted by Crippen LogP contribution is 2.24. The van der Waals surface area contributed by atoms with Crippen molar-refractivity contribution < 1.29 is 24.2 Å². The molecule has 178 valence electrons. The van der Waals surface area contributed by atoms with E-state index in [0.717, 1.165) is 16.7 Å². The first-order valence-electron chi connectivity index (χ1n) is 11.0. The first-order valence-corrected chi connectivity index (χ1v) is 11.0. The van der Waals surface area contributed by atoms with Gasteiger partial charge >= 0.3 is 11.9 Å². The van der Waals surface area contributed by atoms with Crippen LogP contribution in [0, 0.1) is 0 Å². The molecule has 0 saturated heterocycles. The second kappa shape index (κ2) is 12.4. The summed E-state index contributed by atoms with van der Waals surface area (Å²) in [5, 5.41) is 12.8. The van der Waals surface area contributed by atoms with Crippen LogP contribution in [0.2, 0.25) is 0 Å². The molecule has 3 rings (SSSR count). The number of aryl methyl sites for hydroxylation is 1. The van der Waals surface area contributed by atoms with E-state index in [4.69, 9.17) is 4.74 Å². The van der Waals surface area contributed by atoms with Gasteiger partial charge in [-0.15, -0.1) is 12.4 Å². The van der Waals surface area contributed by atoms with E-state index in [9.17, 15) is 19.5 Å². The van der Waals surface area contributed by atoms with Gasteiger partial charge in [0.05, 0.1) is 12.6 Å². The number of amides is 1. The number of aliphatic carboxylic acids is 1. The monoisotopic (exact) mass is 474 g/mol. The number of rotatable bonds is 9. The van der Waals surface area contributed by atoms with E-state index in [1.54, 1.807) is 13.8 Å². The highest BCUT2D eigenvalue weighted by atomic mass is 35.5. The van der Waals surface area contributed by atoms with Crippen molar-refractivity contribution in [2.24, 2.45) is 0 Å². The summed E-state index contributed by atoms with van der Waals surface area (Å²) in [5.41, 5.74) is 2.97. The van der Waals surface area contributed by atoms with Crippen LogP contribution < -0.4 is 5.32 Å². The van der Waals surface area contributed by atoms with E-state index in [2.05, 4.69) is 5.32 Å². The van der Waals surface area contributed by atoms with Gasteiger partial charge in [0, 0.05) is 13.0 Å². The van der Waals surface area contributed by atoms with Crippen molar-refractivity contribution in [1.82, 2.24) is 10.2 Å². The lowest BCUT2D eigenvalue weighted by molar-refractivity contribution is -0.153. The van der Waals surface area contributed by atoms with Gasteiger partial charge < -0.3 is 14.7 Å². The fraction of sp³-hybridized carbons (Fsp3) is 0.400. The average molecular weight is 475 g/mol. The van der Waals surface area contributed by atoms with Crippen molar-refractivity contribution in [1.29, 1.82) is 0 Å².